The lowest BCUT2D eigenvalue weighted by Gasteiger charge is -2.03. The van der Waals surface area contributed by atoms with E-state index in [1.165, 1.54) is 16.7 Å². The van der Waals surface area contributed by atoms with Crippen molar-refractivity contribution in [3.63, 3.8) is 0 Å². The molecule has 6 heteroatoms. The average Bonchev–Trinajstić information content (AvgIpc) is 2.78. The number of anilines is 2. The fraction of sp³-hybridized carbons (Fsp3) is 0.0909. The first-order valence-electron chi connectivity index (χ1n) is 4.79. The number of carboxylic acids is 1. The number of aromatic nitrogens is 1. The molecule has 1 aromatic heterocycles. The molecule has 17 heavy (non-hydrogen) atoms. The van der Waals surface area contributed by atoms with Crippen LogP contribution in [0.4, 0.5) is 10.8 Å². The molecular weight excluding hydrogens is 256 g/mol. The van der Waals surface area contributed by atoms with E-state index in [4.69, 9.17) is 5.11 Å². The molecule has 0 saturated heterocycles. The van der Waals surface area contributed by atoms with Crippen LogP contribution in [0.2, 0.25) is 0 Å². The van der Waals surface area contributed by atoms with Gasteiger partial charge in [0.15, 0.2) is 10.8 Å². The van der Waals surface area contributed by atoms with E-state index >= 15 is 0 Å². The minimum atomic E-state index is -1.01. The van der Waals surface area contributed by atoms with Crippen LogP contribution in [0.15, 0.2) is 34.5 Å². The van der Waals surface area contributed by atoms with Crippen LogP contribution in [-0.4, -0.2) is 22.3 Å². The molecule has 2 N–H and O–H groups in total. The molecule has 0 radical (unpaired) electrons. The predicted octanol–water partition coefficient (Wildman–Crippen LogP) is 3.31. The summed E-state index contributed by atoms with van der Waals surface area (Å²) in [6.07, 6.45) is 2.00. The fourth-order valence-corrected chi connectivity index (χ4v) is 2.42. The first-order valence-corrected chi connectivity index (χ1v) is 6.89. The molecule has 0 atom stereocenters. The Labute approximate surface area is 107 Å². The van der Waals surface area contributed by atoms with Crippen molar-refractivity contribution >= 4 is 39.9 Å². The van der Waals surface area contributed by atoms with Gasteiger partial charge in [0.1, 0.15) is 0 Å². The third kappa shape index (κ3) is 2.98. The van der Waals surface area contributed by atoms with Gasteiger partial charge in [-0.15, -0.1) is 23.1 Å². The molecule has 0 spiro atoms. The van der Waals surface area contributed by atoms with E-state index in [1.807, 2.05) is 30.5 Å². The normalized spacial score (nSPS) is 10.2. The molecule has 0 aliphatic carbocycles. The number of hydrogen-bond acceptors (Lipinski definition) is 5. The number of thiazole rings is 1. The summed E-state index contributed by atoms with van der Waals surface area (Å²) in [6.45, 7) is 0. The van der Waals surface area contributed by atoms with Crippen molar-refractivity contribution in [3.8, 4) is 0 Å². The second kappa shape index (κ2) is 5.20. The number of nitrogens with zero attached hydrogens (tertiary/aromatic N) is 1. The Morgan fingerprint density at radius 2 is 2.35 bits per heavy atom. The van der Waals surface area contributed by atoms with Gasteiger partial charge < -0.3 is 10.4 Å². The largest absolute Gasteiger partial charge is 0.476 e. The number of aromatic carboxylic acids is 1. The molecule has 2 rings (SSSR count). The molecule has 4 nitrogen and oxygen atoms in total. The summed E-state index contributed by atoms with van der Waals surface area (Å²) in [5.41, 5.74) is 0.974. The standard InChI is InChI=1S/C11H10N2O2S2/c1-16-8-4-2-3-7(5-8)12-11-13-9(6-17-11)10(14)15/h2-6H,1H3,(H,12,13)(H,14,15). The van der Waals surface area contributed by atoms with Gasteiger partial charge in [0.25, 0.3) is 0 Å². The van der Waals surface area contributed by atoms with Crippen LogP contribution < -0.4 is 5.32 Å². The molecule has 0 fully saturated rings. The Balaban J connectivity index is 2.16. The molecule has 0 saturated carbocycles. The third-order valence-corrected chi connectivity index (χ3v) is 3.53. The summed E-state index contributed by atoms with van der Waals surface area (Å²) in [4.78, 5) is 15.8. The lowest BCUT2D eigenvalue weighted by molar-refractivity contribution is 0.0691. The topological polar surface area (TPSA) is 62.2 Å². The van der Waals surface area contributed by atoms with E-state index in [-0.39, 0.29) is 5.69 Å². The molecule has 0 aliphatic heterocycles. The van der Waals surface area contributed by atoms with Crippen LogP contribution in [0.25, 0.3) is 0 Å². The van der Waals surface area contributed by atoms with Gasteiger partial charge in [0, 0.05) is 16.0 Å². The van der Waals surface area contributed by atoms with Gasteiger partial charge in [-0.05, 0) is 24.5 Å². The van der Waals surface area contributed by atoms with E-state index in [1.54, 1.807) is 11.8 Å². The van der Waals surface area contributed by atoms with Gasteiger partial charge in [-0.25, -0.2) is 9.78 Å². The SMILES string of the molecule is CSc1cccc(Nc2nc(C(=O)O)cs2)c1. The first kappa shape index (κ1) is 11.9. The Kier molecular flexibility index (Phi) is 3.65. The summed E-state index contributed by atoms with van der Waals surface area (Å²) in [6, 6.07) is 7.87. The van der Waals surface area contributed by atoms with Gasteiger partial charge in [-0.3, -0.25) is 0 Å². The average molecular weight is 266 g/mol. The van der Waals surface area contributed by atoms with Crippen molar-refractivity contribution in [1.82, 2.24) is 4.98 Å². The van der Waals surface area contributed by atoms with Crippen molar-refractivity contribution in [1.29, 1.82) is 0 Å². The first-order chi connectivity index (χ1) is 8.19. The van der Waals surface area contributed by atoms with Crippen LogP contribution in [-0.2, 0) is 0 Å². The number of carboxylic acid groups (broad SMARTS) is 1. The van der Waals surface area contributed by atoms with Crippen LogP contribution in [0.5, 0.6) is 0 Å². The molecule has 1 aromatic carbocycles. The minimum absolute atomic E-state index is 0.0681. The van der Waals surface area contributed by atoms with E-state index in [2.05, 4.69) is 10.3 Å². The second-order valence-electron chi connectivity index (χ2n) is 3.20. The maximum atomic E-state index is 10.7. The van der Waals surface area contributed by atoms with Crippen molar-refractivity contribution < 1.29 is 9.90 Å². The quantitative estimate of drug-likeness (QED) is 0.831. The molecule has 88 valence electrons. The molecule has 0 aliphatic rings. The summed E-state index contributed by atoms with van der Waals surface area (Å²) in [5.74, 6) is -1.01. The van der Waals surface area contributed by atoms with Gasteiger partial charge in [-0.2, -0.15) is 0 Å². The lowest BCUT2D eigenvalue weighted by Crippen LogP contribution is -1.97. The molecule has 0 amide bonds. The summed E-state index contributed by atoms with van der Waals surface area (Å²) < 4.78 is 0. The van der Waals surface area contributed by atoms with Gasteiger partial charge in [0.2, 0.25) is 0 Å². The van der Waals surface area contributed by atoms with Crippen molar-refractivity contribution in [3.05, 3.63) is 35.3 Å². The molecule has 0 bridgehead atoms. The van der Waals surface area contributed by atoms with Crippen molar-refractivity contribution in [2.24, 2.45) is 0 Å². The zero-order valence-corrected chi connectivity index (χ0v) is 10.6. The number of thioether (sulfide) groups is 1. The maximum absolute atomic E-state index is 10.7. The highest BCUT2D eigenvalue weighted by molar-refractivity contribution is 7.98. The van der Waals surface area contributed by atoms with Crippen LogP contribution in [0, 0.1) is 0 Å². The zero-order valence-electron chi connectivity index (χ0n) is 9.01. The number of carbonyl (C=O) groups is 1. The van der Waals surface area contributed by atoms with Crippen LogP contribution in [0.3, 0.4) is 0 Å². The number of hydrogen-bond donors (Lipinski definition) is 2. The number of nitrogens with one attached hydrogen (secondary N) is 1. The molecule has 2 aromatic rings. The summed E-state index contributed by atoms with van der Waals surface area (Å²) in [7, 11) is 0. The van der Waals surface area contributed by atoms with Crippen LogP contribution >= 0.6 is 23.1 Å². The van der Waals surface area contributed by atoms with Crippen molar-refractivity contribution in [2.45, 2.75) is 4.90 Å². The predicted molar refractivity (Wildman–Crippen MR) is 70.6 cm³/mol. The Morgan fingerprint density at radius 1 is 1.53 bits per heavy atom. The second-order valence-corrected chi connectivity index (χ2v) is 4.94. The summed E-state index contributed by atoms with van der Waals surface area (Å²) >= 11 is 2.93. The summed E-state index contributed by atoms with van der Waals surface area (Å²) in [5, 5.41) is 13.9. The van der Waals surface area contributed by atoms with Crippen molar-refractivity contribution in [2.75, 3.05) is 11.6 Å². The Hall–Kier alpha value is -1.53. The zero-order chi connectivity index (χ0) is 12.3. The van der Waals surface area contributed by atoms with Gasteiger partial charge in [0.05, 0.1) is 0 Å². The third-order valence-electron chi connectivity index (χ3n) is 2.04. The lowest BCUT2D eigenvalue weighted by atomic mass is 10.3. The minimum Gasteiger partial charge on any atom is -0.476 e. The fourth-order valence-electron chi connectivity index (χ4n) is 1.25. The maximum Gasteiger partial charge on any atom is 0.355 e. The van der Waals surface area contributed by atoms with E-state index in [9.17, 15) is 4.79 Å². The molecule has 1 heterocycles. The Morgan fingerprint density at radius 3 is 3.00 bits per heavy atom. The smallest absolute Gasteiger partial charge is 0.355 e. The van der Waals surface area contributed by atoms with Crippen LogP contribution in [0.1, 0.15) is 10.5 Å². The highest BCUT2D eigenvalue weighted by Crippen LogP contribution is 2.24. The van der Waals surface area contributed by atoms with E-state index in [0.29, 0.717) is 5.13 Å². The van der Waals surface area contributed by atoms with Gasteiger partial charge >= 0.3 is 5.97 Å². The highest BCUT2D eigenvalue weighted by Gasteiger charge is 2.08. The van der Waals surface area contributed by atoms with E-state index in [0.717, 1.165) is 10.6 Å². The molecular formula is C11H10N2O2S2. The van der Waals surface area contributed by atoms with E-state index < -0.39 is 5.97 Å². The molecule has 0 unspecified atom stereocenters. The Bertz CT molecular complexity index is 540. The van der Waals surface area contributed by atoms with Gasteiger partial charge in [-0.1, -0.05) is 6.07 Å². The monoisotopic (exact) mass is 266 g/mol. The number of benzene rings is 1. The number of rotatable bonds is 4. The highest BCUT2D eigenvalue weighted by atomic mass is 32.2.